The molecule has 0 radical (unpaired) electrons. The molecule has 162 valence electrons. The normalized spacial score (nSPS) is 20.0. The molecule has 2 N–H and O–H groups in total. The second-order valence-corrected chi connectivity index (χ2v) is 6.97. The van der Waals surface area contributed by atoms with Gasteiger partial charge >= 0.3 is 11.9 Å². The molecular formula is C21H24ClNO7. The number of allylic oxidation sites excluding steroid dienone is 3. The number of carbonyl (C=O) groups is 2. The summed E-state index contributed by atoms with van der Waals surface area (Å²) < 4.78 is 9.92. The molecule has 1 aliphatic heterocycles. The largest absolute Gasteiger partial charge is 0.507 e. The van der Waals surface area contributed by atoms with Gasteiger partial charge in [-0.25, -0.2) is 9.59 Å². The lowest BCUT2D eigenvalue weighted by Gasteiger charge is -2.17. The fourth-order valence-electron chi connectivity index (χ4n) is 2.71. The van der Waals surface area contributed by atoms with Crippen molar-refractivity contribution in [3.05, 3.63) is 46.5 Å². The lowest BCUT2D eigenvalue weighted by molar-refractivity contribution is -0.145. The molecule has 0 amide bonds. The SMILES string of the molecule is COC(=O)CON=C1C=CCC/C=C/CC(C)OC(=O)c2c(O)cc(O)c(Cl)c2C1. The smallest absolute Gasteiger partial charge is 0.346 e. The molecule has 1 aliphatic rings. The molecule has 8 nitrogen and oxygen atoms in total. The monoisotopic (exact) mass is 437 g/mol. The first-order chi connectivity index (χ1) is 14.3. The zero-order valence-electron chi connectivity index (χ0n) is 16.8. The van der Waals surface area contributed by atoms with Crippen molar-refractivity contribution in [3.8, 4) is 11.5 Å². The van der Waals surface area contributed by atoms with Crippen molar-refractivity contribution in [3.63, 3.8) is 0 Å². The average molecular weight is 438 g/mol. The number of ether oxygens (including phenoxy) is 2. The molecule has 9 heteroatoms. The first-order valence-electron chi connectivity index (χ1n) is 9.35. The number of hydrogen-bond acceptors (Lipinski definition) is 8. The number of phenolic OH excluding ortho intramolecular Hbond substituents is 2. The van der Waals surface area contributed by atoms with Crippen LogP contribution in [0, 0.1) is 0 Å². The van der Waals surface area contributed by atoms with Crippen LogP contribution in [0.4, 0.5) is 0 Å². The molecule has 0 bridgehead atoms. The van der Waals surface area contributed by atoms with E-state index in [1.54, 1.807) is 13.0 Å². The van der Waals surface area contributed by atoms with Gasteiger partial charge in [-0.05, 0) is 31.4 Å². The van der Waals surface area contributed by atoms with Crippen molar-refractivity contribution < 1.29 is 34.1 Å². The van der Waals surface area contributed by atoms with Gasteiger partial charge in [-0.15, -0.1) is 0 Å². The fourth-order valence-corrected chi connectivity index (χ4v) is 2.93. The molecule has 0 fully saturated rings. The molecule has 0 saturated carbocycles. The topological polar surface area (TPSA) is 115 Å². The van der Waals surface area contributed by atoms with Gasteiger partial charge in [0.15, 0.2) is 0 Å². The summed E-state index contributed by atoms with van der Waals surface area (Å²) in [5, 5.41) is 24.1. The van der Waals surface area contributed by atoms with Gasteiger partial charge in [-0.2, -0.15) is 0 Å². The number of fused-ring (bicyclic) bond motifs is 1. The summed E-state index contributed by atoms with van der Waals surface area (Å²) in [6, 6.07) is 0.983. The Labute approximate surface area is 179 Å². The lowest BCUT2D eigenvalue weighted by Crippen LogP contribution is -2.18. The van der Waals surface area contributed by atoms with Gasteiger partial charge in [0.05, 0.1) is 17.8 Å². The maximum Gasteiger partial charge on any atom is 0.346 e. The van der Waals surface area contributed by atoms with Gasteiger partial charge < -0.3 is 24.5 Å². The number of oxime groups is 1. The highest BCUT2D eigenvalue weighted by molar-refractivity contribution is 6.33. The molecular weight excluding hydrogens is 414 g/mol. The molecule has 30 heavy (non-hydrogen) atoms. The van der Waals surface area contributed by atoms with Crippen LogP contribution in [0.1, 0.15) is 42.1 Å². The van der Waals surface area contributed by atoms with Gasteiger partial charge in [-0.1, -0.05) is 35.0 Å². The van der Waals surface area contributed by atoms with E-state index in [0.29, 0.717) is 18.6 Å². The Kier molecular flexibility index (Phi) is 8.73. The summed E-state index contributed by atoms with van der Waals surface area (Å²) in [4.78, 5) is 29.0. The number of cyclic esters (lactones) is 1. The Bertz CT molecular complexity index is 877. The number of rotatable bonds is 3. The maximum absolute atomic E-state index is 12.7. The summed E-state index contributed by atoms with van der Waals surface area (Å²) in [6.07, 6.45) is 8.92. The number of benzene rings is 1. The van der Waals surface area contributed by atoms with E-state index in [4.69, 9.17) is 21.2 Å². The number of nitrogens with zero attached hydrogens (tertiary/aromatic N) is 1. The van der Waals surface area contributed by atoms with E-state index in [2.05, 4.69) is 9.89 Å². The first kappa shape index (κ1) is 23.3. The van der Waals surface area contributed by atoms with Crippen molar-refractivity contribution >= 4 is 29.3 Å². The van der Waals surface area contributed by atoms with Crippen LogP contribution in [-0.4, -0.2) is 47.7 Å². The van der Waals surface area contributed by atoms with Crippen molar-refractivity contribution in [1.29, 1.82) is 0 Å². The van der Waals surface area contributed by atoms with Crippen LogP contribution in [0.15, 0.2) is 35.5 Å². The van der Waals surface area contributed by atoms with Crippen LogP contribution in [0.5, 0.6) is 11.5 Å². The second kappa shape index (κ2) is 11.3. The second-order valence-electron chi connectivity index (χ2n) is 6.59. The minimum atomic E-state index is -0.777. The summed E-state index contributed by atoms with van der Waals surface area (Å²) in [7, 11) is 1.22. The van der Waals surface area contributed by atoms with Gasteiger partial charge in [-0.3, -0.25) is 0 Å². The molecule has 2 rings (SSSR count). The zero-order valence-corrected chi connectivity index (χ0v) is 17.5. The molecule has 0 saturated heterocycles. The third-order valence-corrected chi connectivity index (χ3v) is 4.65. The quantitative estimate of drug-likeness (QED) is 0.421. The molecule has 1 aromatic carbocycles. The third-order valence-electron chi connectivity index (χ3n) is 4.23. The first-order valence-corrected chi connectivity index (χ1v) is 9.72. The minimum Gasteiger partial charge on any atom is -0.507 e. The number of methoxy groups -OCH3 is 1. The number of esters is 2. The standard InChI is InChI=1S/C21H24ClNO7/c1-13-8-6-4-3-5-7-9-14(23-29-12-18(26)28-2)10-15-19(21(27)30-13)16(24)11-17(25)20(15)22/h4,6-7,9,11,13,24-25H,3,5,8,10,12H2,1-2H3/b6-4+,9-7?,23-14?. The van der Waals surface area contributed by atoms with Gasteiger partial charge in [0.1, 0.15) is 23.2 Å². The minimum absolute atomic E-state index is 0.0624. The van der Waals surface area contributed by atoms with Crippen LogP contribution in [0.3, 0.4) is 0 Å². The van der Waals surface area contributed by atoms with E-state index in [1.807, 2.05) is 18.2 Å². The summed E-state index contributed by atoms with van der Waals surface area (Å²) in [6.45, 7) is 1.34. The fraction of sp³-hybridized carbons (Fsp3) is 0.381. The van der Waals surface area contributed by atoms with Crippen LogP contribution in [0.2, 0.25) is 5.02 Å². The third kappa shape index (κ3) is 6.52. The van der Waals surface area contributed by atoms with Crippen LogP contribution in [0.25, 0.3) is 0 Å². The van der Waals surface area contributed by atoms with Crippen LogP contribution in [-0.2, 0) is 25.5 Å². The zero-order chi connectivity index (χ0) is 22.1. The molecule has 1 unspecified atom stereocenters. The van der Waals surface area contributed by atoms with E-state index in [9.17, 15) is 19.8 Å². The number of hydrogen-bond donors (Lipinski definition) is 2. The van der Waals surface area contributed by atoms with Crippen molar-refractivity contribution in [2.75, 3.05) is 13.7 Å². The Balaban J connectivity index is 2.48. The van der Waals surface area contributed by atoms with Crippen LogP contribution >= 0.6 is 11.6 Å². The summed E-state index contributed by atoms with van der Waals surface area (Å²) in [5.74, 6) is -2.25. The van der Waals surface area contributed by atoms with E-state index >= 15 is 0 Å². The molecule has 0 aliphatic carbocycles. The predicted octanol–water partition coefficient (Wildman–Crippen LogP) is 3.68. The van der Waals surface area contributed by atoms with E-state index in [0.717, 1.165) is 12.5 Å². The highest BCUT2D eigenvalue weighted by Gasteiger charge is 2.25. The highest BCUT2D eigenvalue weighted by atomic mass is 35.5. The Hall–Kier alpha value is -3.00. The Morgan fingerprint density at radius 1 is 1.27 bits per heavy atom. The molecule has 1 aromatic rings. The molecule has 0 aromatic heterocycles. The van der Waals surface area contributed by atoms with Gasteiger partial charge in [0.2, 0.25) is 6.61 Å². The van der Waals surface area contributed by atoms with Gasteiger partial charge in [0, 0.05) is 18.9 Å². The number of halogens is 1. The Morgan fingerprint density at radius 3 is 2.73 bits per heavy atom. The highest BCUT2D eigenvalue weighted by Crippen LogP contribution is 2.37. The lowest BCUT2D eigenvalue weighted by atomic mass is 9.99. The van der Waals surface area contributed by atoms with Crippen molar-refractivity contribution in [1.82, 2.24) is 0 Å². The molecule has 0 spiro atoms. The van der Waals surface area contributed by atoms with Crippen molar-refractivity contribution in [2.24, 2.45) is 5.16 Å². The van der Waals surface area contributed by atoms with Crippen LogP contribution < -0.4 is 0 Å². The molecule has 1 heterocycles. The Morgan fingerprint density at radius 2 is 2.00 bits per heavy atom. The molecule has 1 atom stereocenters. The number of phenols is 2. The average Bonchev–Trinajstić information content (AvgIpc) is 2.69. The van der Waals surface area contributed by atoms with E-state index < -0.39 is 36.1 Å². The predicted molar refractivity (Wildman–Crippen MR) is 111 cm³/mol. The van der Waals surface area contributed by atoms with E-state index in [1.165, 1.54) is 7.11 Å². The van der Waals surface area contributed by atoms with E-state index in [-0.39, 0.29) is 22.6 Å². The van der Waals surface area contributed by atoms with Gasteiger partial charge in [0.25, 0.3) is 0 Å². The number of aromatic hydroxyl groups is 2. The number of carbonyl (C=O) groups excluding carboxylic acids is 2. The summed E-state index contributed by atoms with van der Waals surface area (Å²) in [5.41, 5.74) is 0.276. The summed E-state index contributed by atoms with van der Waals surface area (Å²) >= 11 is 6.23. The maximum atomic E-state index is 12.7. The van der Waals surface area contributed by atoms with Crippen molar-refractivity contribution in [2.45, 2.75) is 38.7 Å².